The summed E-state index contributed by atoms with van der Waals surface area (Å²) in [4.78, 5) is 0. The second kappa shape index (κ2) is 8.05. The fourth-order valence-corrected chi connectivity index (χ4v) is 3.58. The molecule has 0 spiro atoms. The van der Waals surface area contributed by atoms with E-state index in [0.29, 0.717) is 22.7 Å². The second-order valence-corrected chi connectivity index (χ2v) is 8.01. The first-order valence-corrected chi connectivity index (χ1v) is 10.3. The van der Waals surface area contributed by atoms with Crippen LogP contribution < -0.4 is 4.74 Å². The molecule has 12 heteroatoms. The number of pyridine rings is 1. The molecule has 4 aromatic rings. The fourth-order valence-electron chi connectivity index (χ4n) is 3.58. The summed E-state index contributed by atoms with van der Waals surface area (Å²) in [5.74, 6) is -0.721. The zero-order valence-corrected chi connectivity index (χ0v) is 17.8. The monoisotopic (exact) mass is 479 g/mol. The number of aromatic nitrogens is 5. The predicted molar refractivity (Wildman–Crippen MR) is 109 cm³/mol. The van der Waals surface area contributed by atoms with Gasteiger partial charge in [0.05, 0.1) is 18.0 Å². The average molecular weight is 479 g/mol. The molecule has 5 rings (SSSR count). The number of alkyl halides is 5. The van der Waals surface area contributed by atoms with Gasteiger partial charge in [0.15, 0.2) is 5.65 Å². The molecule has 0 N–H and O–H groups in total. The molecule has 1 aliphatic rings. The molecule has 0 amide bonds. The average Bonchev–Trinajstić information content (AvgIpc) is 3.42. The lowest BCUT2D eigenvalue weighted by Gasteiger charge is -2.15. The maximum absolute atomic E-state index is 15.0. The molecule has 0 saturated heterocycles. The minimum atomic E-state index is -4.81. The van der Waals surface area contributed by atoms with E-state index in [4.69, 9.17) is 4.74 Å². The minimum Gasteiger partial charge on any atom is -0.406 e. The molecule has 7 nitrogen and oxygen atoms in total. The number of ether oxygens (including phenoxy) is 2. The van der Waals surface area contributed by atoms with Crippen molar-refractivity contribution in [1.82, 2.24) is 24.4 Å². The first-order valence-electron chi connectivity index (χ1n) is 10.3. The summed E-state index contributed by atoms with van der Waals surface area (Å²) in [5.41, 5.74) is 2.49. The maximum atomic E-state index is 15.0. The van der Waals surface area contributed by atoms with Gasteiger partial charge in [-0.25, -0.2) is 0 Å². The Hall–Kier alpha value is -3.54. The van der Waals surface area contributed by atoms with Gasteiger partial charge in [-0.2, -0.15) is 13.9 Å². The number of rotatable bonds is 7. The molecule has 0 atom stereocenters. The fraction of sp³-hybridized carbons (Fsp3) is 0.318. The van der Waals surface area contributed by atoms with Crippen LogP contribution in [0.5, 0.6) is 5.75 Å². The third-order valence-electron chi connectivity index (χ3n) is 5.48. The van der Waals surface area contributed by atoms with Crippen LogP contribution in [0.2, 0.25) is 0 Å². The zero-order valence-electron chi connectivity index (χ0n) is 17.8. The Morgan fingerprint density at radius 2 is 1.68 bits per heavy atom. The number of benzene rings is 1. The van der Waals surface area contributed by atoms with Crippen LogP contribution >= 0.6 is 0 Å². The molecule has 178 valence electrons. The van der Waals surface area contributed by atoms with Gasteiger partial charge < -0.3 is 9.47 Å². The van der Waals surface area contributed by atoms with Crippen molar-refractivity contribution in [3.05, 3.63) is 65.9 Å². The molecule has 1 fully saturated rings. The molecular weight excluding hydrogens is 461 g/mol. The Morgan fingerprint density at radius 1 is 0.971 bits per heavy atom. The van der Waals surface area contributed by atoms with Crippen LogP contribution in [0.1, 0.15) is 36.0 Å². The molecular formula is C22H18F5N5O2. The Kier molecular flexibility index (Phi) is 5.27. The van der Waals surface area contributed by atoms with Gasteiger partial charge in [-0.3, -0.25) is 9.08 Å². The van der Waals surface area contributed by atoms with Gasteiger partial charge in [-0.05, 0) is 54.3 Å². The molecule has 34 heavy (non-hydrogen) atoms. The number of aryl methyl sites for hydroxylation is 1. The highest BCUT2D eigenvalue weighted by Crippen LogP contribution is 2.39. The number of hydrogen-bond acceptors (Lipinski definition) is 5. The Bertz CT molecular complexity index is 1330. The molecule has 0 bridgehead atoms. The normalized spacial score (nSPS) is 14.6. The van der Waals surface area contributed by atoms with Crippen molar-refractivity contribution in [3.8, 4) is 16.9 Å². The number of hydrogen-bond donors (Lipinski definition) is 0. The van der Waals surface area contributed by atoms with Gasteiger partial charge in [0, 0.05) is 19.2 Å². The van der Waals surface area contributed by atoms with Crippen molar-refractivity contribution < 1.29 is 31.4 Å². The Labute approximate surface area is 189 Å². The molecule has 3 heterocycles. The Morgan fingerprint density at radius 3 is 2.35 bits per heavy atom. The van der Waals surface area contributed by atoms with E-state index in [1.54, 1.807) is 19.2 Å². The van der Waals surface area contributed by atoms with Crippen LogP contribution in [0.3, 0.4) is 0 Å². The molecule has 1 aliphatic carbocycles. The van der Waals surface area contributed by atoms with E-state index in [1.165, 1.54) is 29.1 Å². The third-order valence-corrected chi connectivity index (χ3v) is 5.48. The first-order chi connectivity index (χ1) is 16.1. The number of nitrogens with zero attached hydrogens (tertiary/aromatic N) is 5. The van der Waals surface area contributed by atoms with Gasteiger partial charge in [-0.15, -0.1) is 23.4 Å². The highest BCUT2D eigenvalue weighted by atomic mass is 19.4. The molecule has 3 aromatic heterocycles. The lowest BCUT2D eigenvalue weighted by molar-refractivity contribution is -0.274. The topological polar surface area (TPSA) is 66.5 Å². The maximum Gasteiger partial charge on any atom is 0.573 e. The summed E-state index contributed by atoms with van der Waals surface area (Å²) >= 11 is 0. The standard InChI is InChI=1S/C22H18F5N5O2/c1-31-16(10-18(30-31)14-2-3-14)12-33-21(23,24)20-29-28-19-9-6-15(11-32(19)20)13-4-7-17(8-5-13)34-22(25,26)27/h4-11,14H,2-3,12H2,1H3. The van der Waals surface area contributed by atoms with Crippen LogP contribution in [0, 0.1) is 0 Å². The highest BCUT2D eigenvalue weighted by molar-refractivity contribution is 5.65. The summed E-state index contributed by atoms with van der Waals surface area (Å²) < 4.78 is 78.4. The van der Waals surface area contributed by atoms with E-state index < -0.39 is 18.3 Å². The molecule has 1 saturated carbocycles. The van der Waals surface area contributed by atoms with Crippen molar-refractivity contribution >= 4 is 5.65 Å². The summed E-state index contributed by atoms with van der Waals surface area (Å²) in [5, 5.41) is 11.7. The molecule has 0 radical (unpaired) electrons. The smallest absolute Gasteiger partial charge is 0.406 e. The first kappa shape index (κ1) is 22.3. The number of fused-ring (bicyclic) bond motifs is 1. The van der Waals surface area contributed by atoms with Crippen LogP contribution in [0.4, 0.5) is 22.0 Å². The van der Waals surface area contributed by atoms with Gasteiger partial charge in [0.25, 0.3) is 0 Å². The van der Waals surface area contributed by atoms with Crippen molar-refractivity contribution in [1.29, 1.82) is 0 Å². The van der Waals surface area contributed by atoms with Crippen LogP contribution in [0.15, 0.2) is 48.7 Å². The summed E-state index contributed by atoms with van der Waals surface area (Å²) in [6.07, 6.45) is -5.11. The molecule has 0 aliphatic heterocycles. The van der Waals surface area contributed by atoms with Crippen molar-refractivity contribution in [3.63, 3.8) is 0 Å². The van der Waals surface area contributed by atoms with Gasteiger partial charge in [0.1, 0.15) is 5.75 Å². The van der Waals surface area contributed by atoms with E-state index in [-0.39, 0.29) is 18.0 Å². The summed E-state index contributed by atoms with van der Waals surface area (Å²) in [6, 6.07) is 9.90. The quantitative estimate of drug-likeness (QED) is 0.342. The third kappa shape index (κ3) is 4.58. The van der Waals surface area contributed by atoms with E-state index in [1.807, 2.05) is 0 Å². The van der Waals surface area contributed by atoms with E-state index in [9.17, 15) is 22.0 Å². The van der Waals surface area contributed by atoms with Crippen molar-refractivity contribution in [2.24, 2.45) is 7.05 Å². The lowest BCUT2D eigenvalue weighted by Crippen LogP contribution is -2.22. The van der Waals surface area contributed by atoms with Crippen molar-refractivity contribution in [2.75, 3.05) is 0 Å². The van der Waals surface area contributed by atoms with E-state index >= 15 is 0 Å². The lowest BCUT2D eigenvalue weighted by atomic mass is 10.1. The number of halogens is 5. The van der Waals surface area contributed by atoms with Crippen LogP contribution in [0.25, 0.3) is 16.8 Å². The van der Waals surface area contributed by atoms with Gasteiger partial charge in [-0.1, -0.05) is 12.1 Å². The van der Waals surface area contributed by atoms with Gasteiger partial charge in [0.2, 0.25) is 5.82 Å². The molecule has 1 aromatic carbocycles. The van der Waals surface area contributed by atoms with E-state index in [0.717, 1.165) is 35.1 Å². The summed E-state index contributed by atoms with van der Waals surface area (Å²) in [6.45, 7) is -0.376. The van der Waals surface area contributed by atoms with Crippen LogP contribution in [-0.4, -0.2) is 30.7 Å². The molecule has 0 unspecified atom stereocenters. The summed E-state index contributed by atoms with van der Waals surface area (Å²) in [7, 11) is 1.67. The van der Waals surface area contributed by atoms with Crippen LogP contribution in [-0.2, 0) is 24.5 Å². The zero-order chi connectivity index (χ0) is 24.1. The largest absolute Gasteiger partial charge is 0.573 e. The second-order valence-electron chi connectivity index (χ2n) is 8.01. The minimum absolute atomic E-state index is 0.163. The SMILES string of the molecule is Cn1nc(C2CC2)cc1COC(F)(F)c1nnc2ccc(-c3ccc(OC(F)(F)F)cc3)cn12. The van der Waals surface area contributed by atoms with E-state index in [2.05, 4.69) is 20.0 Å². The predicted octanol–water partition coefficient (Wildman–Crippen LogP) is 5.17. The Balaban J connectivity index is 1.37. The van der Waals surface area contributed by atoms with Gasteiger partial charge >= 0.3 is 12.5 Å². The highest BCUT2D eigenvalue weighted by Gasteiger charge is 2.39. The van der Waals surface area contributed by atoms with Crippen molar-refractivity contribution in [2.45, 2.75) is 37.8 Å².